The second-order valence-corrected chi connectivity index (χ2v) is 5.64. The van der Waals surface area contributed by atoms with Crippen LogP contribution in [-0.4, -0.2) is 40.3 Å². The van der Waals surface area contributed by atoms with E-state index in [1.807, 2.05) is 12.1 Å². The van der Waals surface area contributed by atoms with E-state index in [4.69, 9.17) is 0 Å². The lowest BCUT2D eigenvalue weighted by Gasteiger charge is -2.37. The molecule has 5 nitrogen and oxygen atoms in total. The quantitative estimate of drug-likeness (QED) is 0.880. The van der Waals surface area contributed by atoms with Gasteiger partial charge in [0.05, 0.1) is 0 Å². The van der Waals surface area contributed by atoms with Crippen molar-refractivity contribution in [3.63, 3.8) is 0 Å². The van der Waals surface area contributed by atoms with Crippen LogP contribution in [0.5, 0.6) is 0 Å². The first kappa shape index (κ1) is 13.1. The van der Waals surface area contributed by atoms with Crippen LogP contribution in [0, 0.1) is 5.92 Å². The molecule has 1 aliphatic heterocycles. The van der Waals surface area contributed by atoms with Gasteiger partial charge in [-0.25, -0.2) is 0 Å². The summed E-state index contributed by atoms with van der Waals surface area (Å²) in [5.41, 5.74) is 1.08. The van der Waals surface area contributed by atoms with Crippen molar-refractivity contribution in [1.29, 1.82) is 0 Å². The third kappa shape index (κ3) is 2.53. The fourth-order valence-electron chi connectivity index (χ4n) is 2.70. The molecule has 106 valence electrons. The summed E-state index contributed by atoms with van der Waals surface area (Å²) in [5, 5.41) is 2.86. The standard InChI is InChI=1S/C15H19N3O2/c1-10-14(19)17-13(12-4-5-12)15(20)18(10)8-6-11-3-2-7-16-9-11/h2-3,7,9-10,12-13H,4-6,8H2,1H3,(H,17,19). The first-order valence-electron chi connectivity index (χ1n) is 7.16. The normalized spacial score (nSPS) is 26.6. The number of hydrogen-bond donors (Lipinski definition) is 1. The van der Waals surface area contributed by atoms with E-state index < -0.39 is 0 Å². The highest BCUT2D eigenvalue weighted by Gasteiger charge is 2.45. The largest absolute Gasteiger partial charge is 0.342 e. The molecule has 2 fully saturated rings. The molecule has 1 aromatic heterocycles. The molecule has 1 saturated carbocycles. The Labute approximate surface area is 118 Å². The Morgan fingerprint density at radius 1 is 1.40 bits per heavy atom. The van der Waals surface area contributed by atoms with Crippen LogP contribution in [0.3, 0.4) is 0 Å². The van der Waals surface area contributed by atoms with Crippen molar-refractivity contribution >= 4 is 11.8 Å². The number of nitrogens with zero attached hydrogens (tertiary/aromatic N) is 2. The van der Waals surface area contributed by atoms with Gasteiger partial charge in [0.1, 0.15) is 12.1 Å². The Morgan fingerprint density at radius 2 is 2.20 bits per heavy atom. The molecule has 0 aromatic carbocycles. The van der Waals surface area contributed by atoms with E-state index in [9.17, 15) is 9.59 Å². The minimum atomic E-state index is -0.380. The first-order valence-corrected chi connectivity index (χ1v) is 7.16. The summed E-state index contributed by atoms with van der Waals surface area (Å²) in [5.74, 6) is 0.385. The van der Waals surface area contributed by atoms with Gasteiger partial charge in [-0.05, 0) is 43.7 Å². The van der Waals surface area contributed by atoms with E-state index in [2.05, 4.69) is 10.3 Å². The topological polar surface area (TPSA) is 62.3 Å². The van der Waals surface area contributed by atoms with Crippen molar-refractivity contribution in [1.82, 2.24) is 15.2 Å². The lowest BCUT2D eigenvalue weighted by molar-refractivity contribution is -0.149. The van der Waals surface area contributed by atoms with E-state index in [1.165, 1.54) is 0 Å². The van der Waals surface area contributed by atoms with Crippen molar-refractivity contribution in [2.75, 3.05) is 6.54 Å². The monoisotopic (exact) mass is 273 g/mol. The maximum absolute atomic E-state index is 12.5. The van der Waals surface area contributed by atoms with Gasteiger partial charge in [-0.1, -0.05) is 6.07 Å². The Balaban J connectivity index is 1.69. The summed E-state index contributed by atoms with van der Waals surface area (Å²) in [4.78, 5) is 30.3. The third-order valence-corrected chi connectivity index (χ3v) is 4.15. The van der Waals surface area contributed by atoms with Crippen molar-refractivity contribution in [2.24, 2.45) is 5.92 Å². The van der Waals surface area contributed by atoms with Crippen LogP contribution in [-0.2, 0) is 16.0 Å². The van der Waals surface area contributed by atoms with E-state index >= 15 is 0 Å². The smallest absolute Gasteiger partial charge is 0.246 e. The number of nitrogens with one attached hydrogen (secondary N) is 1. The van der Waals surface area contributed by atoms with Crippen LogP contribution >= 0.6 is 0 Å². The molecule has 1 aromatic rings. The van der Waals surface area contributed by atoms with Crippen molar-refractivity contribution in [3.8, 4) is 0 Å². The van der Waals surface area contributed by atoms with Crippen LogP contribution in [0.1, 0.15) is 25.3 Å². The number of rotatable bonds is 4. The molecule has 2 atom stereocenters. The highest BCUT2D eigenvalue weighted by atomic mass is 16.2. The van der Waals surface area contributed by atoms with Gasteiger partial charge in [-0.3, -0.25) is 14.6 Å². The van der Waals surface area contributed by atoms with E-state index in [-0.39, 0.29) is 23.9 Å². The molecule has 2 amide bonds. The fourth-order valence-corrected chi connectivity index (χ4v) is 2.70. The second-order valence-electron chi connectivity index (χ2n) is 5.64. The molecular weight excluding hydrogens is 254 g/mol. The van der Waals surface area contributed by atoms with Crippen LogP contribution < -0.4 is 5.32 Å². The Hall–Kier alpha value is -1.91. The number of amides is 2. The summed E-state index contributed by atoms with van der Waals surface area (Å²) in [6.07, 6.45) is 6.35. The molecule has 1 aliphatic carbocycles. The van der Waals surface area contributed by atoms with Crippen molar-refractivity contribution in [2.45, 2.75) is 38.3 Å². The van der Waals surface area contributed by atoms with Crippen LogP contribution in [0.4, 0.5) is 0 Å². The summed E-state index contributed by atoms with van der Waals surface area (Å²) in [6, 6.07) is 3.20. The zero-order valence-corrected chi connectivity index (χ0v) is 11.6. The molecule has 2 heterocycles. The number of carbonyl (C=O) groups is 2. The molecule has 0 bridgehead atoms. The van der Waals surface area contributed by atoms with Gasteiger partial charge in [0.15, 0.2) is 0 Å². The predicted molar refractivity (Wildman–Crippen MR) is 73.8 cm³/mol. The number of aromatic nitrogens is 1. The lowest BCUT2D eigenvalue weighted by Crippen LogP contribution is -2.63. The third-order valence-electron chi connectivity index (χ3n) is 4.15. The predicted octanol–water partition coefficient (Wildman–Crippen LogP) is 0.750. The summed E-state index contributed by atoms with van der Waals surface area (Å²) in [6.45, 7) is 2.36. The van der Waals surface area contributed by atoms with Crippen LogP contribution in [0.15, 0.2) is 24.5 Å². The van der Waals surface area contributed by atoms with E-state index in [1.54, 1.807) is 24.2 Å². The van der Waals surface area contributed by atoms with Crippen molar-refractivity contribution < 1.29 is 9.59 Å². The number of pyridine rings is 1. The molecule has 2 unspecified atom stereocenters. The first-order chi connectivity index (χ1) is 9.66. The van der Waals surface area contributed by atoms with Gasteiger partial charge < -0.3 is 10.2 Å². The minimum Gasteiger partial charge on any atom is -0.342 e. The zero-order valence-electron chi connectivity index (χ0n) is 11.6. The molecular formula is C15H19N3O2. The SMILES string of the molecule is CC1C(=O)NC(C2CC2)C(=O)N1CCc1cccnc1. The second kappa shape index (κ2) is 5.23. The Morgan fingerprint density at radius 3 is 2.85 bits per heavy atom. The number of carbonyl (C=O) groups excluding carboxylic acids is 2. The van der Waals surface area contributed by atoms with Gasteiger partial charge in [-0.2, -0.15) is 0 Å². The minimum absolute atomic E-state index is 0.0345. The molecule has 1 N–H and O–H groups in total. The van der Waals surface area contributed by atoms with Crippen LogP contribution in [0.2, 0.25) is 0 Å². The fraction of sp³-hybridized carbons (Fsp3) is 0.533. The molecule has 1 saturated heterocycles. The Bertz CT molecular complexity index is 513. The van der Waals surface area contributed by atoms with Gasteiger partial charge in [0.2, 0.25) is 11.8 Å². The Kier molecular flexibility index (Phi) is 3.42. The van der Waals surface area contributed by atoms with Crippen LogP contribution in [0.25, 0.3) is 0 Å². The summed E-state index contributed by atoms with van der Waals surface area (Å²) < 4.78 is 0. The highest BCUT2D eigenvalue weighted by molar-refractivity contribution is 5.97. The van der Waals surface area contributed by atoms with Gasteiger partial charge in [0.25, 0.3) is 0 Å². The summed E-state index contributed by atoms with van der Waals surface area (Å²) >= 11 is 0. The van der Waals surface area contributed by atoms with E-state index in [0.717, 1.165) is 24.8 Å². The maximum atomic E-state index is 12.5. The van der Waals surface area contributed by atoms with Gasteiger partial charge >= 0.3 is 0 Å². The average Bonchev–Trinajstić information content (AvgIpc) is 3.28. The molecule has 0 spiro atoms. The number of piperazine rings is 1. The average molecular weight is 273 g/mol. The van der Waals surface area contributed by atoms with Gasteiger partial charge in [0, 0.05) is 18.9 Å². The molecule has 5 heteroatoms. The molecule has 2 aliphatic rings. The zero-order chi connectivity index (χ0) is 14.1. The molecule has 3 rings (SSSR count). The number of hydrogen-bond acceptors (Lipinski definition) is 3. The lowest BCUT2D eigenvalue weighted by atomic mass is 10.0. The maximum Gasteiger partial charge on any atom is 0.246 e. The summed E-state index contributed by atoms with van der Waals surface area (Å²) in [7, 11) is 0. The van der Waals surface area contributed by atoms with Gasteiger partial charge in [-0.15, -0.1) is 0 Å². The molecule has 0 radical (unpaired) electrons. The molecule has 20 heavy (non-hydrogen) atoms. The van der Waals surface area contributed by atoms with E-state index in [0.29, 0.717) is 12.5 Å². The highest BCUT2D eigenvalue weighted by Crippen LogP contribution is 2.35. The van der Waals surface area contributed by atoms with Crippen molar-refractivity contribution in [3.05, 3.63) is 30.1 Å².